The number of fused-ring (bicyclic) bond motifs is 5. The predicted octanol–water partition coefficient (Wildman–Crippen LogP) is 3.94. The van der Waals surface area contributed by atoms with E-state index >= 15 is 0 Å². The highest BCUT2D eigenvalue weighted by Crippen LogP contribution is 2.33. The molecule has 1 aliphatic carbocycles. The molecule has 4 heterocycles. The summed E-state index contributed by atoms with van der Waals surface area (Å²) in [4.78, 5) is 22.6. The number of aryl methyl sites for hydroxylation is 1. The van der Waals surface area contributed by atoms with E-state index in [1.165, 1.54) is 45.2 Å². The molecule has 1 aromatic heterocycles. The maximum Gasteiger partial charge on any atom is 0.253 e. The van der Waals surface area contributed by atoms with Crippen molar-refractivity contribution in [2.45, 2.75) is 45.1 Å². The van der Waals surface area contributed by atoms with Crippen LogP contribution in [0.15, 0.2) is 18.2 Å². The van der Waals surface area contributed by atoms with E-state index in [0.29, 0.717) is 12.0 Å². The lowest BCUT2D eigenvalue weighted by Crippen LogP contribution is -2.47. The van der Waals surface area contributed by atoms with Gasteiger partial charge in [-0.15, -0.1) is 11.3 Å². The molecule has 5 heteroatoms. The smallest absolute Gasteiger partial charge is 0.253 e. The topological polar surface area (TPSA) is 36.4 Å². The fraction of sp³-hybridized carbons (Fsp3) is 0.619. The molecule has 2 bridgehead atoms. The lowest BCUT2D eigenvalue weighted by molar-refractivity contribution is 0.0717. The quantitative estimate of drug-likeness (QED) is 0.822. The summed E-state index contributed by atoms with van der Waals surface area (Å²) < 4.78 is 1.12. The van der Waals surface area contributed by atoms with E-state index in [4.69, 9.17) is 0 Å². The molecule has 4 fully saturated rings. The Balaban J connectivity index is 1.34. The molecule has 26 heavy (non-hydrogen) atoms. The maximum atomic E-state index is 13.2. The lowest BCUT2D eigenvalue weighted by Gasteiger charge is -2.40. The Morgan fingerprint density at radius 3 is 2.88 bits per heavy atom. The third-order valence-electron chi connectivity index (χ3n) is 6.57. The van der Waals surface area contributed by atoms with Crippen LogP contribution in [0, 0.1) is 18.8 Å². The average molecular weight is 370 g/mol. The second-order valence-electron chi connectivity index (χ2n) is 8.47. The molecule has 2 aromatic rings. The molecule has 0 unspecified atom stereocenters. The summed E-state index contributed by atoms with van der Waals surface area (Å²) in [6, 6.07) is 6.57. The van der Waals surface area contributed by atoms with Gasteiger partial charge in [0, 0.05) is 37.8 Å². The minimum atomic E-state index is 0.209. The van der Waals surface area contributed by atoms with E-state index in [2.05, 4.69) is 14.8 Å². The molecule has 1 amide bonds. The van der Waals surface area contributed by atoms with Gasteiger partial charge >= 0.3 is 0 Å². The monoisotopic (exact) mass is 369 g/mol. The Morgan fingerprint density at radius 1 is 1.19 bits per heavy atom. The number of benzene rings is 1. The Hall–Kier alpha value is -1.46. The number of carbonyl (C=O) groups is 1. The van der Waals surface area contributed by atoms with E-state index in [0.717, 1.165) is 39.8 Å². The van der Waals surface area contributed by atoms with Gasteiger partial charge in [0.1, 0.15) is 0 Å². The number of rotatable bonds is 3. The Labute approximate surface area is 159 Å². The van der Waals surface area contributed by atoms with Gasteiger partial charge in [-0.1, -0.05) is 6.42 Å². The van der Waals surface area contributed by atoms with Gasteiger partial charge < -0.3 is 4.90 Å². The Morgan fingerprint density at radius 2 is 2.08 bits per heavy atom. The summed E-state index contributed by atoms with van der Waals surface area (Å²) in [6.45, 7) is 6.31. The SMILES string of the molecule is Cc1nc2ccc(C(=O)N3C[C@H]4CC[C@@H](C3)N(CC3CCC3)C4)cc2s1. The zero-order valence-corrected chi connectivity index (χ0v) is 16.3. The second kappa shape index (κ2) is 6.61. The number of aromatic nitrogens is 1. The van der Waals surface area contributed by atoms with Crippen LogP contribution in [0.3, 0.4) is 0 Å². The number of piperidine rings is 1. The van der Waals surface area contributed by atoms with Crippen LogP contribution < -0.4 is 0 Å². The van der Waals surface area contributed by atoms with Crippen molar-refractivity contribution in [3.05, 3.63) is 28.8 Å². The molecule has 4 nitrogen and oxygen atoms in total. The first kappa shape index (κ1) is 16.7. The molecule has 2 atom stereocenters. The summed E-state index contributed by atoms with van der Waals surface area (Å²) in [6.07, 6.45) is 6.77. The van der Waals surface area contributed by atoms with Crippen LogP contribution >= 0.6 is 11.3 Å². The van der Waals surface area contributed by atoms with Gasteiger partial charge in [-0.25, -0.2) is 4.98 Å². The molecule has 138 valence electrons. The highest BCUT2D eigenvalue weighted by molar-refractivity contribution is 7.18. The predicted molar refractivity (Wildman–Crippen MR) is 106 cm³/mol. The number of thiazole rings is 1. The van der Waals surface area contributed by atoms with Crippen molar-refractivity contribution in [2.75, 3.05) is 26.2 Å². The normalized spacial score (nSPS) is 26.9. The van der Waals surface area contributed by atoms with Crippen molar-refractivity contribution >= 4 is 27.5 Å². The molecule has 0 radical (unpaired) electrons. The fourth-order valence-electron chi connectivity index (χ4n) is 4.93. The average Bonchev–Trinajstić information content (AvgIpc) is 2.76. The third kappa shape index (κ3) is 3.05. The number of carbonyl (C=O) groups excluding carboxylic acids is 1. The number of amides is 1. The van der Waals surface area contributed by atoms with Crippen LogP contribution in [0.5, 0.6) is 0 Å². The Bertz CT molecular complexity index is 828. The van der Waals surface area contributed by atoms with Gasteiger partial charge in [-0.2, -0.15) is 0 Å². The maximum absolute atomic E-state index is 13.2. The van der Waals surface area contributed by atoms with Gasteiger partial charge in [0.25, 0.3) is 5.91 Å². The number of hydrogen-bond acceptors (Lipinski definition) is 4. The highest BCUT2D eigenvalue weighted by atomic mass is 32.1. The van der Waals surface area contributed by atoms with Crippen molar-refractivity contribution < 1.29 is 4.79 Å². The van der Waals surface area contributed by atoms with Crippen LogP contribution in [0.25, 0.3) is 10.2 Å². The van der Waals surface area contributed by atoms with Gasteiger partial charge in [0.2, 0.25) is 0 Å². The van der Waals surface area contributed by atoms with Crippen molar-refractivity contribution in [1.82, 2.24) is 14.8 Å². The first-order valence-electron chi connectivity index (χ1n) is 10.1. The summed E-state index contributed by atoms with van der Waals surface area (Å²) in [5, 5.41) is 1.06. The number of hydrogen-bond donors (Lipinski definition) is 0. The third-order valence-corrected chi connectivity index (χ3v) is 7.51. The van der Waals surface area contributed by atoms with Gasteiger partial charge in [0.15, 0.2) is 0 Å². The van der Waals surface area contributed by atoms with Crippen molar-refractivity contribution in [1.29, 1.82) is 0 Å². The molecule has 0 spiro atoms. The number of nitrogens with zero attached hydrogens (tertiary/aromatic N) is 3. The van der Waals surface area contributed by atoms with Crippen LogP contribution in [0.4, 0.5) is 0 Å². The highest BCUT2D eigenvalue weighted by Gasteiger charge is 2.37. The second-order valence-corrected chi connectivity index (χ2v) is 9.71. The van der Waals surface area contributed by atoms with E-state index in [-0.39, 0.29) is 5.91 Å². The zero-order chi connectivity index (χ0) is 17.7. The molecule has 3 aliphatic heterocycles. The van der Waals surface area contributed by atoms with Crippen LogP contribution in [-0.4, -0.2) is 52.9 Å². The molecule has 0 N–H and O–H groups in total. The zero-order valence-electron chi connectivity index (χ0n) is 15.5. The van der Waals surface area contributed by atoms with Crippen molar-refractivity contribution in [3.63, 3.8) is 0 Å². The van der Waals surface area contributed by atoms with Crippen LogP contribution in [0.1, 0.15) is 47.5 Å². The van der Waals surface area contributed by atoms with Gasteiger partial charge in [-0.05, 0) is 62.6 Å². The molecular weight excluding hydrogens is 342 g/mol. The van der Waals surface area contributed by atoms with Crippen LogP contribution in [-0.2, 0) is 0 Å². The van der Waals surface area contributed by atoms with Crippen molar-refractivity contribution in [3.8, 4) is 0 Å². The standard InChI is InChI=1S/C21H27N3OS/c1-14-22-19-8-6-17(9-20(19)26-14)21(25)24-12-16-5-7-18(13-24)23(11-16)10-15-3-2-4-15/h6,8-9,15-16,18H,2-5,7,10-13H2,1H3/t16-,18-/m0/s1. The van der Waals surface area contributed by atoms with Crippen LogP contribution in [0.2, 0.25) is 0 Å². The Kier molecular flexibility index (Phi) is 4.24. The molecule has 3 saturated heterocycles. The lowest BCUT2D eigenvalue weighted by atomic mass is 9.83. The summed E-state index contributed by atoms with van der Waals surface area (Å²) in [5.41, 5.74) is 1.83. The van der Waals surface area contributed by atoms with Gasteiger partial charge in [0.05, 0.1) is 15.2 Å². The summed E-state index contributed by atoms with van der Waals surface area (Å²) in [5.74, 6) is 1.77. The van der Waals surface area contributed by atoms with E-state index < -0.39 is 0 Å². The van der Waals surface area contributed by atoms with E-state index in [1.54, 1.807) is 11.3 Å². The summed E-state index contributed by atoms with van der Waals surface area (Å²) in [7, 11) is 0. The fourth-order valence-corrected chi connectivity index (χ4v) is 5.80. The minimum absolute atomic E-state index is 0.209. The van der Waals surface area contributed by atoms with Crippen molar-refractivity contribution in [2.24, 2.45) is 11.8 Å². The van der Waals surface area contributed by atoms with Gasteiger partial charge in [-0.3, -0.25) is 9.69 Å². The summed E-state index contributed by atoms with van der Waals surface area (Å²) >= 11 is 1.67. The largest absolute Gasteiger partial charge is 0.337 e. The first-order chi connectivity index (χ1) is 12.7. The van der Waals surface area contributed by atoms with E-state index in [1.807, 2.05) is 25.1 Å². The molecule has 1 aromatic carbocycles. The molecule has 6 rings (SSSR count). The molecule has 1 saturated carbocycles. The van der Waals surface area contributed by atoms with E-state index in [9.17, 15) is 4.79 Å². The first-order valence-corrected chi connectivity index (χ1v) is 10.9. The minimum Gasteiger partial charge on any atom is -0.337 e. The molecular formula is C21H27N3OS. The molecule has 4 aliphatic rings.